The number of hydrogen-bond donors (Lipinski definition) is 1. The van der Waals surface area contributed by atoms with Crippen molar-refractivity contribution in [1.29, 1.82) is 0 Å². The van der Waals surface area contributed by atoms with Gasteiger partial charge >= 0.3 is 0 Å². The highest BCUT2D eigenvalue weighted by Crippen LogP contribution is 2.29. The van der Waals surface area contributed by atoms with Crippen LogP contribution in [0.15, 0.2) is 35.6 Å². The number of hydrogen-bond acceptors (Lipinski definition) is 6. The summed E-state index contributed by atoms with van der Waals surface area (Å²) in [4.78, 5) is 32.5. The molecule has 1 atom stereocenters. The molecular weight excluding hydrogens is 419 g/mol. The minimum Gasteiger partial charge on any atom is -0.368 e. The number of anilines is 1. The molecule has 1 amide bonds. The van der Waals surface area contributed by atoms with E-state index in [9.17, 15) is 4.79 Å². The molecule has 1 aromatic carbocycles. The monoisotopic (exact) mass is 436 g/mol. The minimum absolute atomic E-state index is 0.0816. The van der Waals surface area contributed by atoms with E-state index in [1.165, 1.54) is 11.8 Å². The third-order valence-corrected chi connectivity index (χ3v) is 6.10. The molecule has 1 N–H and O–H groups in total. The second-order valence-corrected chi connectivity index (χ2v) is 8.56. The largest absolute Gasteiger partial charge is 0.368 e. The van der Waals surface area contributed by atoms with Crippen molar-refractivity contribution in [3.05, 3.63) is 40.9 Å². The molecule has 3 heterocycles. The van der Waals surface area contributed by atoms with Gasteiger partial charge in [-0.3, -0.25) is 4.79 Å². The number of rotatable bonds is 4. The number of thioether (sulfide) groups is 1. The van der Waals surface area contributed by atoms with Crippen molar-refractivity contribution >= 4 is 57.7 Å². The van der Waals surface area contributed by atoms with Crippen LogP contribution in [-0.2, 0) is 4.79 Å². The number of fused-ring (bicyclic) bond motifs is 1. The molecule has 2 aromatic heterocycles. The summed E-state index contributed by atoms with van der Waals surface area (Å²) in [6, 6.07) is 7.79. The zero-order valence-corrected chi connectivity index (χ0v) is 17.4. The molecule has 0 aliphatic carbocycles. The lowest BCUT2D eigenvalue weighted by atomic mass is 10.2. The van der Waals surface area contributed by atoms with Crippen molar-refractivity contribution < 1.29 is 4.79 Å². The zero-order valence-electron chi connectivity index (χ0n) is 15.1. The summed E-state index contributed by atoms with van der Waals surface area (Å²) >= 11 is 13.4. The number of H-pyrrole nitrogens is 1. The molecule has 10 heteroatoms. The van der Waals surface area contributed by atoms with Crippen LogP contribution in [0.4, 0.5) is 5.69 Å². The maximum absolute atomic E-state index is 12.9. The lowest BCUT2D eigenvalue weighted by Gasteiger charge is -2.37. The molecule has 3 aromatic rings. The zero-order chi connectivity index (χ0) is 19.7. The maximum Gasteiger partial charge on any atom is 0.235 e. The van der Waals surface area contributed by atoms with E-state index in [0.29, 0.717) is 29.3 Å². The molecule has 0 radical (unpaired) electrons. The van der Waals surface area contributed by atoms with Crippen molar-refractivity contribution in [3.63, 3.8) is 0 Å². The van der Waals surface area contributed by atoms with Crippen LogP contribution in [0, 0.1) is 0 Å². The maximum atomic E-state index is 12.9. The fourth-order valence-corrected chi connectivity index (χ4v) is 4.59. The van der Waals surface area contributed by atoms with Crippen LogP contribution >= 0.6 is 35.0 Å². The molecule has 4 rings (SSSR count). The number of carbonyl (C=O) groups excluding carboxylic acids is 1. The Labute approximate surface area is 176 Å². The summed E-state index contributed by atoms with van der Waals surface area (Å²) in [5, 5.41) is 1.17. The predicted molar refractivity (Wildman–Crippen MR) is 112 cm³/mol. The molecule has 28 heavy (non-hydrogen) atoms. The first kappa shape index (κ1) is 19.3. The molecule has 1 aliphatic rings. The van der Waals surface area contributed by atoms with Crippen molar-refractivity contribution in [1.82, 2.24) is 24.8 Å². The Morgan fingerprint density at radius 2 is 2.00 bits per heavy atom. The highest BCUT2D eigenvalue weighted by atomic mass is 35.5. The van der Waals surface area contributed by atoms with Crippen molar-refractivity contribution in [2.24, 2.45) is 0 Å². The minimum atomic E-state index is -0.296. The number of carbonyl (C=O) groups is 1. The average molecular weight is 437 g/mol. The predicted octanol–water partition coefficient (Wildman–Crippen LogP) is 3.49. The second kappa shape index (κ2) is 8.14. The van der Waals surface area contributed by atoms with Gasteiger partial charge in [-0.25, -0.2) is 9.97 Å². The summed E-state index contributed by atoms with van der Waals surface area (Å²) in [5.74, 6) is 0.0816. The van der Waals surface area contributed by atoms with Gasteiger partial charge in [0.15, 0.2) is 5.65 Å². The SMILES string of the molecule is CC(Sc1nc(Cl)nc2nc[nH]c12)C(=O)N1CCN(c2cccc(Cl)c2)CC1. The van der Waals surface area contributed by atoms with Gasteiger partial charge in [0.25, 0.3) is 0 Å². The Bertz CT molecular complexity index is 1000. The van der Waals surface area contributed by atoms with E-state index >= 15 is 0 Å². The van der Waals surface area contributed by atoms with Gasteiger partial charge in [-0.1, -0.05) is 29.4 Å². The molecule has 1 saturated heterocycles. The number of nitrogens with zero attached hydrogens (tertiary/aromatic N) is 5. The summed E-state index contributed by atoms with van der Waals surface area (Å²) < 4.78 is 0. The highest BCUT2D eigenvalue weighted by molar-refractivity contribution is 8.00. The van der Waals surface area contributed by atoms with Gasteiger partial charge in [-0.2, -0.15) is 4.98 Å². The number of benzene rings is 1. The first-order valence-corrected chi connectivity index (χ1v) is 10.5. The van der Waals surface area contributed by atoms with Gasteiger partial charge in [0.2, 0.25) is 11.2 Å². The molecule has 1 unspecified atom stereocenters. The molecule has 0 saturated carbocycles. The van der Waals surface area contributed by atoms with Crippen LogP contribution < -0.4 is 4.90 Å². The number of amides is 1. The topological polar surface area (TPSA) is 78.0 Å². The van der Waals surface area contributed by atoms with E-state index in [2.05, 4.69) is 24.8 Å². The third-order valence-electron chi connectivity index (χ3n) is 4.63. The van der Waals surface area contributed by atoms with Crippen LogP contribution in [0.1, 0.15) is 6.92 Å². The molecule has 146 valence electrons. The van der Waals surface area contributed by atoms with E-state index in [-0.39, 0.29) is 16.4 Å². The van der Waals surface area contributed by atoms with Gasteiger partial charge in [-0.15, -0.1) is 0 Å². The number of nitrogens with one attached hydrogen (secondary N) is 1. The molecule has 0 bridgehead atoms. The Hall–Kier alpha value is -2.03. The van der Waals surface area contributed by atoms with Crippen LogP contribution in [0.5, 0.6) is 0 Å². The molecule has 7 nitrogen and oxygen atoms in total. The van der Waals surface area contributed by atoms with E-state index in [0.717, 1.165) is 23.8 Å². The van der Waals surface area contributed by atoms with Crippen LogP contribution in [0.2, 0.25) is 10.3 Å². The third kappa shape index (κ3) is 4.04. The Morgan fingerprint density at radius 3 is 2.75 bits per heavy atom. The number of halogens is 2. The number of imidazole rings is 1. The molecular formula is C18H18Cl2N6OS. The summed E-state index contributed by atoms with van der Waals surface area (Å²) in [6.07, 6.45) is 1.54. The van der Waals surface area contributed by atoms with Crippen LogP contribution in [0.3, 0.4) is 0 Å². The van der Waals surface area contributed by atoms with E-state index in [1.54, 1.807) is 6.33 Å². The average Bonchev–Trinajstić information content (AvgIpc) is 3.16. The van der Waals surface area contributed by atoms with Crippen LogP contribution in [0.25, 0.3) is 11.2 Å². The van der Waals surface area contributed by atoms with Gasteiger partial charge in [0.1, 0.15) is 10.5 Å². The number of aromatic amines is 1. The Balaban J connectivity index is 1.40. The van der Waals surface area contributed by atoms with Crippen molar-refractivity contribution in [2.75, 3.05) is 31.1 Å². The first-order valence-electron chi connectivity index (χ1n) is 8.84. The fraction of sp³-hybridized carbons (Fsp3) is 0.333. The lowest BCUT2D eigenvalue weighted by molar-refractivity contribution is -0.130. The van der Waals surface area contributed by atoms with Crippen molar-refractivity contribution in [3.8, 4) is 0 Å². The Morgan fingerprint density at radius 1 is 1.21 bits per heavy atom. The van der Waals surface area contributed by atoms with Crippen molar-refractivity contribution in [2.45, 2.75) is 17.2 Å². The lowest BCUT2D eigenvalue weighted by Crippen LogP contribution is -2.50. The molecule has 1 fully saturated rings. The van der Waals surface area contributed by atoms with Crippen LogP contribution in [-0.4, -0.2) is 62.2 Å². The highest BCUT2D eigenvalue weighted by Gasteiger charge is 2.27. The second-order valence-electron chi connectivity index (χ2n) is 6.45. The Kier molecular flexibility index (Phi) is 5.61. The molecule has 0 spiro atoms. The number of aromatic nitrogens is 4. The summed E-state index contributed by atoms with van der Waals surface area (Å²) in [6.45, 7) is 4.76. The smallest absolute Gasteiger partial charge is 0.235 e. The van der Waals surface area contributed by atoms with Gasteiger partial charge in [0.05, 0.1) is 11.6 Å². The quantitative estimate of drug-likeness (QED) is 0.383. The van der Waals surface area contributed by atoms with E-state index < -0.39 is 0 Å². The van der Waals surface area contributed by atoms with E-state index in [4.69, 9.17) is 23.2 Å². The number of piperazine rings is 1. The summed E-state index contributed by atoms with van der Waals surface area (Å²) in [7, 11) is 0. The van der Waals surface area contributed by atoms with Gasteiger partial charge < -0.3 is 14.8 Å². The standard InChI is InChI=1S/C18H18Cl2N6OS/c1-11(28-16-14-15(22-10-21-14)23-18(20)24-16)17(27)26-7-5-25(6-8-26)13-4-2-3-12(19)9-13/h2-4,9-11H,5-8H2,1H3,(H,21,22,23,24). The normalized spacial score (nSPS) is 15.8. The van der Waals surface area contributed by atoms with Gasteiger partial charge in [0, 0.05) is 36.9 Å². The van der Waals surface area contributed by atoms with E-state index in [1.807, 2.05) is 36.1 Å². The summed E-state index contributed by atoms with van der Waals surface area (Å²) in [5.41, 5.74) is 2.27. The van der Waals surface area contributed by atoms with Gasteiger partial charge in [-0.05, 0) is 36.7 Å². The fourth-order valence-electron chi connectivity index (χ4n) is 3.20. The first-order chi connectivity index (χ1) is 13.5. The molecule has 1 aliphatic heterocycles.